The van der Waals surface area contributed by atoms with Crippen molar-refractivity contribution in [3.05, 3.63) is 11.9 Å². The normalized spacial score (nSPS) is 31.7. The second-order valence-electron chi connectivity index (χ2n) is 4.64. The van der Waals surface area contributed by atoms with Crippen LogP contribution in [0.4, 0.5) is 0 Å². The number of nitrogens with zero attached hydrogens (tertiary/aromatic N) is 2. The number of hydrogen-bond acceptors (Lipinski definition) is 4. The van der Waals surface area contributed by atoms with Crippen LogP contribution in [0.3, 0.4) is 0 Å². The number of hydrogen-bond donors (Lipinski definition) is 1. The topological polar surface area (TPSA) is 37.8 Å². The Morgan fingerprint density at radius 2 is 2.40 bits per heavy atom. The van der Waals surface area contributed by atoms with Crippen LogP contribution in [0.1, 0.15) is 31.9 Å². The molecule has 3 atom stereocenters. The molecule has 15 heavy (non-hydrogen) atoms. The van der Waals surface area contributed by atoms with Gasteiger partial charge in [0.05, 0.1) is 23.6 Å². The highest BCUT2D eigenvalue weighted by atomic mass is 32.1. The predicted molar refractivity (Wildman–Crippen MR) is 63.0 cm³/mol. The monoisotopic (exact) mass is 225 g/mol. The molecule has 2 rings (SSSR count). The van der Waals surface area contributed by atoms with E-state index in [0.29, 0.717) is 6.04 Å². The first-order chi connectivity index (χ1) is 7.29. The van der Waals surface area contributed by atoms with Gasteiger partial charge in [0.25, 0.3) is 0 Å². The van der Waals surface area contributed by atoms with Gasteiger partial charge in [-0.15, -0.1) is 0 Å². The first-order valence-corrected chi connectivity index (χ1v) is 6.46. The molecule has 0 amide bonds. The van der Waals surface area contributed by atoms with Crippen molar-refractivity contribution in [2.24, 2.45) is 11.8 Å². The number of nitrogens with one attached hydrogen (secondary N) is 1. The van der Waals surface area contributed by atoms with Gasteiger partial charge in [-0.05, 0) is 44.6 Å². The Hall–Kier alpha value is -0.480. The highest BCUT2D eigenvalue weighted by molar-refractivity contribution is 6.99. The van der Waals surface area contributed by atoms with Crippen molar-refractivity contribution in [1.29, 1.82) is 0 Å². The second-order valence-corrected chi connectivity index (χ2v) is 5.20. The zero-order valence-electron chi connectivity index (χ0n) is 9.44. The quantitative estimate of drug-likeness (QED) is 0.856. The fraction of sp³-hybridized carbons (Fsp3) is 0.818. The van der Waals surface area contributed by atoms with Crippen molar-refractivity contribution in [3.8, 4) is 0 Å². The molecule has 0 radical (unpaired) electrons. The molecule has 0 bridgehead atoms. The van der Waals surface area contributed by atoms with Crippen LogP contribution in [0, 0.1) is 11.8 Å². The van der Waals surface area contributed by atoms with Crippen molar-refractivity contribution in [1.82, 2.24) is 14.1 Å². The van der Waals surface area contributed by atoms with Crippen molar-refractivity contribution in [3.63, 3.8) is 0 Å². The van der Waals surface area contributed by atoms with Crippen LogP contribution in [0.2, 0.25) is 0 Å². The Morgan fingerprint density at radius 1 is 1.53 bits per heavy atom. The van der Waals surface area contributed by atoms with Crippen LogP contribution in [0.5, 0.6) is 0 Å². The van der Waals surface area contributed by atoms with E-state index in [4.69, 9.17) is 0 Å². The number of aromatic nitrogens is 2. The maximum Gasteiger partial charge on any atom is 0.0745 e. The maximum atomic E-state index is 4.31. The molecule has 3 nitrogen and oxygen atoms in total. The van der Waals surface area contributed by atoms with Crippen LogP contribution < -0.4 is 5.32 Å². The Balaban J connectivity index is 1.94. The third kappa shape index (κ3) is 2.75. The van der Waals surface area contributed by atoms with Crippen molar-refractivity contribution in [2.75, 3.05) is 7.05 Å². The van der Waals surface area contributed by atoms with Gasteiger partial charge in [0.2, 0.25) is 0 Å². The van der Waals surface area contributed by atoms with Gasteiger partial charge in [-0.2, -0.15) is 8.75 Å². The van der Waals surface area contributed by atoms with Gasteiger partial charge in [0.1, 0.15) is 0 Å². The standard InChI is InChI=1S/C11H19N3S/c1-8-3-4-10(12-2)5-9(8)6-11-7-13-15-14-11/h7-10,12H,3-6H2,1-2H3. The van der Waals surface area contributed by atoms with E-state index >= 15 is 0 Å². The van der Waals surface area contributed by atoms with Gasteiger partial charge in [-0.1, -0.05) is 6.92 Å². The largest absolute Gasteiger partial charge is 0.317 e. The summed E-state index contributed by atoms with van der Waals surface area (Å²) in [5.41, 5.74) is 1.17. The highest BCUT2D eigenvalue weighted by Gasteiger charge is 2.27. The Morgan fingerprint density at radius 3 is 3.07 bits per heavy atom. The minimum absolute atomic E-state index is 0.706. The third-order valence-electron chi connectivity index (χ3n) is 3.65. The Kier molecular flexibility index (Phi) is 3.70. The maximum absolute atomic E-state index is 4.31. The van der Waals surface area contributed by atoms with Crippen LogP contribution in [0.15, 0.2) is 6.20 Å². The molecule has 1 aliphatic rings. The summed E-state index contributed by atoms with van der Waals surface area (Å²) in [6.45, 7) is 2.37. The lowest BCUT2D eigenvalue weighted by molar-refractivity contribution is 0.214. The zero-order chi connectivity index (χ0) is 10.7. The van der Waals surface area contributed by atoms with E-state index in [-0.39, 0.29) is 0 Å². The molecule has 4 heteroatoms. The molecule has 1 aromatic heterocycles. The molecule has 0 aromatic carbocycles. The van der Waals surface area contributed by atoms with E-state index in [9.17, 15) is 0 Å². The predicted octanol–water partition coefficient (Wildman–Crippen LogP) is 2.10. The summed E-state index contributed by atoms with van der Waals surface area (Å²) in [6.07, 6.45) is 6.97. The van der Waals surface area contributed by atoms with Crippen LogP contribution in [-0.4, -0.2) is 21.8 Å². The van der Waals surface area contributed by atoms with E-state index in [0.717, 1.165) is 18.3 Å². The summed E-state index contributed by atoms with van der Waals surface area (Å²) < 4.78 is 8.37. The van der Waals surface area contributed by atoms with Crippen molar-refractivity contribution >= 4 is 11.7 Å². The molecule has 84 valence electrons. The van der Waals surface area contributed by atoms with Gasteiger partial charge >= 0.3 is 0 Å². The molecule has 0 spiro atoms. The van der Waals surface area contributed by atoms with Gasteiger partial charge in [0, 0.05) is 6.04 Å². The van der Waals surface area contributed by atoms with E-state index in [1.807, 2.05) is 6.20 Å². The van der Waals surface area contributed by atoms with E-state index in [1.165, 1.54) is 36.7 Å². The molecular weight excluding hydrogens is 206 g/mol. The van der Waals surface area contributed by atoms with Gasteiger partial charge in [-0.3, -0.25) is 0 Å². The molecule has 0 aliphatic heterocycles. The minimum atomic E-state index is 0.706. The van der Waals surface area contributed by atoms with E-state index < -0.39 is 0 Å². The average molecular weight is 225 g/mol. The smallest absolute Gasteiger partial charge is 0.0745 e. The fourth-order valence-corrected chi connectivity index (χ4v) is 2.95. The summed E-state index contributed by atoms with van der Waals surface area (Å²) in [5, 5.41) is 3.40. The summed E-state index contributed by atoms with van der Waals surface area (Å²) in [5.74, 6) is 1.61. The average Bonchev–Trinajstić information content (AvgIpc) is 2.74. The zero-order valence-corrected chi connectivity index (χ0v) is 10.3. The molecule has 0 saturated heterocycles. The molecular formula is C11H19N3S. The van der Waals surface area contributed by atoms with Crippen LogP contribution in [-0.2, 0) is 6.42 Å². The van der Waals surface area contributed by atoms with Crippen LogP contribution in [0.25, 0.3) is 0 Å². The summed E-state index contributed by atoms with van der Waals surface area (Å²) in [6, 6.07) is 0.706. The lowest BCUT2D eigenvalue weighted by atomic mass is 9.76. The number of rotatable bonds is 3. The first-order valence-electron chi connectivity index (χ1n) is 5.73. The summed E-state index contributed by atoms with van der Waals surface area (Å²) >= 11 is 1.32. The summed E-state index contributed by atoms with van der Waals surface area (Å²) in [4.78, 5) is 0. The molecule has 1 saturated carbocycles. The first kappa shape index (κ1) is 11.0. The van der Waals surface area contributed by atoms with Crippen molar-refractivity contribution in [2.45, 2.75) is 38.6 Å². The fourth-order valence-electron chi connectivity index (χ4n) is 2.50. The highest BCUT2D eigenvalue weighted by Crippen LogP contribution is 2.31. The van der Waals surface area contributed by atoms with Gasteiger partial charge in [0.15, 0.2) is 0 Å². The van der Waals surface area contributed by atoms with E-state index in [1.54, 1.807) is 0 Å². The molecule has 1 heterocycles. The minimum Gasteiger partial charge on any atom is -0.317 e. The molecule has 1 aliphatic carbocycles. The van der Waals surface area contributed by atoms with Crippen molar-refractivity contribution < 1.29 is 0 Å². The lowest BCUT2D eigenvalue weighted by Gasteiger charge is -2.33. The lowest BCUT2D eigenvalue weighted by Crippen LogP contribution is -2.35. The SMILES string of the molecule is CNC1CCC(C)C(Cc2cnsn2)C1. The van der Waals surface area contributed by atoms with Gasteiger partial charge in [-0.25, -0.2) is 0 Å². The molecule has 1 aromatic rings. The Bertz CT molecular complexity index is 286. The van der Waals surface area contributed by atoms with Gasteiger partial charge < -0.3 is 5.32 Å². The van der Waals surface area contributed by atoms with E-state index in [2.05, 4.69) is 28.0 Å². The molecule has 3 unspecified atom stereocenters. The van der Waals surface area contributed by atoms with Crippen LogP contribution >= 0.6 is 11.7 Å². The summed E-state index contributed by atoms with van der Waals surface area (Å²) in [7, 11) is 2.07. The molecule has 1 N–H and O–H groups in total. The second kappa shape index (κ2) is 5.03. The molecule has 1 fully saturated rings. The third-order valence-corrected chi connectivity index (χ3v) is 4.16. The Labute approximate surface area is 95.6 Å².